The van der Waals surface area contributed by atoms with Crippen molar-refractivity contribution < 1.29 is 29.6 Å². The molecule has 1 amide bonds. The van der Waals surface area contributed by atoms with Gasteiger partial charge >= 0.3 is 0 Å². The molecule has 1 saturated heterocycles. The van der Waals surface area contributed by atoms with Crippen LogP contribution >= 0.6 is 0 Å². The second-order valence-electron chi connectivity index (χ2n) is 4.81. The Labute approximate surface area is 122 Å². The van der Waals surface area contributed by atoms with Crippen LogP contribution < -0.4 is 5.32 Å². The van der Waals surface area contributed by atoms with E-state index in [0.29, 0.717) is 5.56 Å². The third kappa shape index (κ3) is 3.39. The Kier molecular flexibility index (Phi) is 5.27. The number of carbonyl (C=O) groups excluding carboxylic acids is 1. The summed E-state index contributed by atoms with van der Waals surface area (Å²) in [5.74, 6) is -0.385. The van der Waals surface area contributed by atoms with Crippen molar-refractivity contribution in [1.82, 2.24) is 5.32 Å². The van der Waals surface area contributed by atoms with Crippen molar-refractivity contribution in [3.63, 3.8) is 0 Å². The fourth-order valence-corrected chi connectivity index (χ4v) is 2.29. The van der Waals surface area contributed by atoms with Crippen LogP contribution in [0.4, 0.5) is 0 Å². The number of methoxy groups -OCH3 is 1. The molecular formula is C14H19NO6. The van der Waals surface area contributed by atoms with Crippen LogP contribution in [0.15, 0.2) is 30.3 Å². The summed E-state index contributed by atoms with van der Waals surface area (Å²) in [5, 5.41) is 31.3. The maximum Gasteiger partial charge on any atom is 0.251 e. The minimum atomic E-state index is -1.25. The molecule has 1 aliphatic heterocycles. The first-order valence-electron chi connectivity index (χ1n) is 6.59. The summed E-state index contributed by atoms with van der Waals surface area (Å²) < 4.78 is 10.4. The lowest BCUT2D eigenvalue weighted by atomic mass is 10.0. The summed E-state index contributed by atoms with van der Waals surface area (Å²) in [4.78, 5) is 12.1. The summed E-state index contributed by atoms with van der Waals surface area (Å²) in [5.41, 5.74) is 0.436. The Hall–Kier alpha value is -1.51. The molecule has 0 spiro atoms. The van der Waals surface area contributed by atoms with Crippen LogP contribution in [-0.2, 0) is 9.47 Å². The Morgan fingerprint density at radius 2 is 2.10 bits per heavy atom. The maximum atomic E-state index is 12.1. The van der Waals surface area contributed by atoms with Gasteiger partial charge in [0.15, 0.2) is 6.29 Å². The number of aliphatic hydroxyl groups is 3. The number of rotatable bonds is 5. The number of nitrogens with one attached hydrogen (secondary N) is 1. The fraction of sp³-hybridized carbons (Fsp3) is 0.500. The summed E-state index contributed by atoms with van der Waals surface area (Å²) >= 11 is 0. The van der Waals surface area contributed by atoms with Gasteiger partial charge in [-0.1, -0.05) is 18.2 Å². The molecule has 1 fully saturated rings. The molecule has 5 atom stereocenters. The van der Waals surface area contributed by atoms with Crippen molar-refractivity contribution in [3.8, 4) is 0 Å². The van der Waals surface area contributed by atoms with Gasteiger partial charge < -0.3 is 30.1 Å². The van der Waals surface area contributed by atoms with Gasteiger partial charge in [0.2, 0.25) is 0 Å². The van der Waals surface area contributed by atoms with Crippen molar-refractivity contribution in [2.75, 3.05) is 13.7 Å². The predicted octanol–water partition coefficient (Wildman–Crippen LogP) is -1.13. The second kappa shape index (κ2) is 6.97. The average Bonchev–Trinajstić information content (AvgIpc) is 2.84. The molecule has 1 aromatic rings. The lowest BCUT2D eigenvalue weighted by Crippen LogP contribution is -2.49. The zero-order chi connectivity index (χ0) is 15.4. The van der Waals surface area contributed by atoms with E-state index in [0.717, 1.165) is 0 Å². The second-order valence-corrected chi connectivity index (χ2v) is 4.81. The standard InChI is InChI=1S/C14H19NO6/c1-20-14-10(11(18)12(21-14)9(17)7-16)15-13(19)8-5-3-2-4-6-8/h2-6,9-12,14,16-18H,7H2,1H3,(H,15,19)/t9-,10+,11+,12+,14+/m0/s1. The summed E-state index contributed by atoms with van der Waals surface area (Å²) in [6.45, 7) is -0.558. The molecule has 0 saturated carbocycles. The van der Waals surface area contributed by atoms with Crippen LogP contribution in [0, 0.1) is 0 Å². The lowest BCUT2D eigenvalue weighted by Gasteiger charge is -2.21. The van der Waals surface area contributed by atoms with Gasteiger partial charge in [-0.2, -0.15) is 0 Å². The minimum absolute atomic E-state index is 0.385. The van der Waals surface area contributed by atoms with E-state index in [2.05, 4.69) is 5.32 Å². The first kappa shape index (κ1) is 15.9. The first-order chi connectivity index (χ1) is 10.1. The van der Waals surface area contributed by atoms with Gasteiger partial charge in [-0.05, 0) is 12.1 Å². The van der Waals surface area contributed by atoms with Gasteiger partial charge in [0.1, 0.15) is 24.4 Å². The Morgan fingerprint density at radius 3 is 2.67 bits per heavy atom. The Bertz CT molecular complexity index is 468. The monoisotopic (exact) mass is 297 g/mol. The molecule has 7 heteroatoms. The quantitative estimate of drug-likeness (QED) is 0.548. The molecule has 7 nitrogen and oxygen atoms in total. The topological polar surface area (TPSA) is 108 Å². The largest absolute Gasteiger partial charge is 0.394 e. The molecule has 2 rings (SSSR count). The normalized spacial score (nSPS) is 30.1. The lowest BCUT2D eigenvalue weighted by molar-refractivity contribution is -0.153. The summed E-state index contributed by atoms with van der Waals surface area (Å²) in [6.07, 6.45) is -4.37. The van der Waals surface area contributed by atoms with Crippen molar-refractivity contribution in [2.24, 2.45) is 0 Å². The van der Waals surface area contributed by atoms with E-state index in [9.17, 15) is 15.0 Å². The average molecular weight is 297 g/mol. The number of hydrogen-bond donors (Lipinski definition) is 4. The highest BCUT2D eigenvalue weighted by molar-refractivity contribution is 5.94. The fourth-order valence-electron chi connectivity index (χ4n) is 2.29. The van der Waals surface area contributed by atoms with Gasteiger partial charge in [-0.15, -0.1) is 0 Å². The molecule has 0 aromatic heterocycles. The number of aliphatic hydroxyl groups excluding tert-OH is 3. The molecule has 1 aromatic carbocycles. The maximum absolute atomic E-state index is 12.1. The number of hydrogen-bond acceptors (Lipinski definition) is 6. The van der Waals surface area contributed by atoms with Crippen LogP contribution in [0.25, 0.3) is 0 Å². The van der Waals surface area contributed by atoms with Gasteiger partial charge in [-0.25, -0.2) is 0 Å². The number of ether oxygens (including phenoxy) is 2. The van der Waals surface area contributed by atoms with E-state index in [4.69, 9.17) is 14.6 Å². The number of carbonyl (C=O) groups is 1. The van der Waals surface area contributed by atoms with E-state index in [1.54, 1.807) is 30.3 Å². The van der Waals surface area contributed by atoms with Crippen molar-refractivity contribution in [3.05, 3.63) is 35.9 Å². The van der Waals surface area contributed by atoms with Crippen LogP contribution in [0.5, 0.6) is 0 Å². The van der Waals surface area contributed by atoms with Crippen molar-refractivity contribution in [1.29, 1.82) is 0 Å². The number of benzene rings is 1. The SMILES string of the molecule is CO[C@@H]1O[C@H]([C@@H](O)CO)[C@H](O)[C@H]1NC(=O)c1ccccc1. The molecule has 1 heterocycles. The third-order valence-corrected chi connectivity index (χ3v) is 3.42. The molecule has 116 valence electrons. The minimum Gasteiger partial charge on any atom is -0.394 e. The molecule has 0 aliphatic carbocycles. The van der Waals surface area contributed by atoms with E-state index < -0.39 is 37.3 Å². The van der Waals surface area contributed by atoms with E-state index in [1.165, 1.54) is 7.11 Å². The summed E-state index contributed by atoms with van der Waals surface area (Å²) in [6, 6.07) is 7.67. The predicted molar refractivity (Wildman–Crippen MR) is 72.5 cm³/mol. The van der Waals surface area contributed by atoms with Crippen LogP contribution in [0.2, 0.25) is 0 Å². The number of amides is 1. The molecule has 0 unspecified atom stereocenters. The van der Waals surface area contributed by atoms with Crippen molar-refractivity contribution >= 4 is 5.91 Å². The summed E-state index contributed by atoms with van der Waals surface area (Å²) in [7, 11) is 1.37. The zero-order valence-electron chi connectivity index (χ0n) is 11.5. The van der Waals surface area contributed by atoms with E-state index >= 15 is 0 Å². The Morgan fingerprint density at radius 1 is 1.43 bits per heavy atom. The molecule has 4 N–H and O–H groups in total. The molecule has 21 heavy (non-hydrogen) atoms. The highest BCUT2D eigenvalue weighted by atomic mass is 16.7. The first-order valence-corrected chi connectivity index (χ1v) is 6.59. The van der Waals surface area contributed by atoms with E-state index in [1.807, 2.05) is 0 Å². The van der Waals surface area contributed by atoms with Gasteiger partial charge in [0.25, 0.3) is 5.91 Å². The highest BCUT2D eigenvalue weighted by Crippen LogP contribution is 2.24. The van der Waals surface area contributed by atoms with Crippen LogP contribution in [-0.4, -0.2) is 65.6 Å². The van der Waals surface area contributed by atoms with E-state index in [-0.39, 0.29) is 5.91 Å². The molecule has 0 radical (unpaired) electrons. The highest BCUT2D eigenvalue weighted by Gasteiger charge is 2.47. The third-order valence-electron chi connectivity index (χ3n) is 3.42. The molecule has 1 aliphatic rings. The van der Waals surface area contributed by atoms with Crippen LogP contribution in [0.3, 0.4) is 0 Å². The van der Waals surface area contributed by atoms with Crippen molar-refractivity contribution in [2.45, 2.75) is 30.6 Å². The molecule has 0 bridgehead atoms. The van der Waals surface area contributed by atoms with Gasteiger partial charge in [-0.3, -0.25) is 4.79 Å². The van der Waals surface area contributed by atoms with Gasteiger partial charge in [0.05, 0.1) is 6.61 Å². The van der Waals surface area contributed by atoms with Gasteiger partial charge in [0, 0.05) is 12.7 Å². The smallest absolute Gasteiger partial charge is 0.251 e. The zero-order valence-corrected chi connectivity index (χ0v) is 11.5. The Balaban J connectivity index is 2.09. The molecular weight excluding hydrogens is 278 g/mol. The van der Waals surface area contributed by atoms with Crippen LogP contribution in [0.1, 0.15) is 10.4 Å².